The third-order valence-electron chi connectivity index (χ3n) is 3.68. The molecular weight excluding hydrogens is 310 g/mol. The summed E-state index contributed by atoms with van der Waals surface area (Å²) in [6.07, 6.45) is 0. The van der Waals surface area contributed by atoms with E-state index in [1.165, 1.54) is 11.1 Å². The Hall–Kier alpha value is -2.17. The Morgan fingerprint density at radius 3 is 2.52 bits per heavy atom. The van der Waals surface area contributed by atoms with Crippen LogP contribution in [-0.2, 0) is 13.1 Å². The second kappa shape index (κ2) is 6.94. The molecule has 0 saturated heterocycles. The molecule has 0 N–H and O–H groups in total. The van der Waals surface area contributed by atoms with Crippen LogP contribution in [0.3, 0.4) is 0 Å². The first-order valence-corrected chi connectivity index (χ1v) is 7.81. The summed E-state index contributed by atoms with van der Waals surface area (Å²) in [7, 11) is 2.04. The van der Waals surface area contributed by atoms with Gasteiger partial charge in [-0.05, 0) is 49.4 Å². The first-order valence-electron chi connectivity index (χ1n) is 7.43. The number of benzene rings is 2. The Bertz CT molecular complexity index is 783. The van der Waals surface area contributed by atoms with E-state index in [-0.39, 0.29) is 0 Å². The number of hydrogen-bond donors (Lipinski definition) is 0. The molecule has 0 atom stereocenters. The Morgan fingerprint density at radius 2 is 1.78 bits per heavy atom. The molecule has 118 valence electrons. The van der Waals surface area contributed by atoms with Crippen molar-refractivity contribution in [2.45, 2.75) is 20.0 Å². The number of aryl methyl sites for hydroxylation is 1. The fourth-order valence-electron chi connectivity index (χ4n) is 2.40. The van der Waals surface area contributed by atoms with Crippen LogP contribution >= 0.6 is 11.6 Å². The lowest BCUT2D eigenvalue weighted by molar-refractivity contribution is 0.260. The summed E-state index contributed by atoms with van der Waals surface area (Å²) in [6, 6.07) is 15.8. The van der Waals surface area contributed by atoms with Gasteiger partial charge in [0.15, 0.2) is 0 Å². The summed E-state index contributed by atoms with van der Waals surface area (Å²) < 4.78 is 5.35. The zero-order valence-electron chi connectivity index (χ0n) is 13.2. The van der Waals surface area contributed by atoms with E-state index in [1.54, 1.807) is 0 Å². The summed E-state index contributed by atoms with van der Waals surface area (Å²) in [5.41, 5.74) is 3.48. The largest absolute Gasteiger partial charge is 0.338 e. The molecule has 0 aliphatic rings. The molecule has 3 rings (SSSR count). The van der Waals surface area contributed by atoms with Gasteiger partial charge in [0.05, 0.1) is 6.54 Å². The molecule has 0 amide bonds. The number of rotatable bonds is 5. The molecule has 1 aromatic heterocycles. The second-order valence-corrected chi connectivity index (χ2v) is 6.05. The van der Waals surface area contributed by atoms with E-state index in [4.69, 9.17) is 16.1 Å². The molecule has 3 aromatic rings. The molecule has 0 spiro atoms. The highest BCUT2D eigenvalue weighted by Gasteiger charge is 2.11. The lowest BCUT2D eigenvalue weighted by Crippen LogP contribution is -2.18. The van der Waals surface area contributed by atoms with Gasteiger partial charge in [0.25, 0.3) is 0 Å². The molecule has 0 fully saturated rings. The third kappa shape index (κ3) is 3.97. The van der Waals surface area contributed by atoms with E-state index in [2.05, 4.69) is 46.2 Å². The number of hydrogen-bond acceptors (Lipinski definition) is 4. The molecule has 5 heteroatoms. The van der Waals surface area contributed by atoms with Crippen molar-refractivity contribution >= 4 is 11.6 Å². The predicted octanol–water partition coefficient (Wildman–Crippen LogP) is 4.33. The van der Waals surface area contributed by atoms with Crippen molar-refractivity contribution in [2.75, 3.05) is 7.05 Å². The van der Waals surface area contributed by atoms with Crippen molar-refractivity contribution < 1.29 is 4.52 Å². The number of halogens is 1. The van der Waals surface area contributed by atoms with Crippen LogP contribution in [0.25, 0.3) is 11.4 Å². The maximum Gasteiger partial charge on any atom is 0.241 e. The van der Waals surface area contributed by atoms with Crippen LogP contribution in [0, 0.1) is 6.92 Å². The molecule has 0 unspecified atom stereocenters. The van der Waals surface area contributed by atoms with Gasteiger partial charge in [0.1, 0.15) is 0 Å². The highest BCUT2D eigenvalue weighted by atomic mass is 35.5. The van der Waals surface area contributed by atoms with Gasteiger partial charge in [-0.3, -0.25) is 4.90 Å². The number of aromatic nitrogens is 2. The quantitative estimate of drug-likeness (QED) is 0.699. The van der Waals surface area contributed by atoms with E-state index in [1.807, 2.05) is 31.3 Å². The van der Waals surface area contributed by atoms with Gasteiger partial charge < -0.3 is 4.52 Å². The van der Waals surface area contributed by atoms with Crippen LogP contribution in [0.2, 0.25) is 5.02 Å². The Morgan fingerprint density at radius 1 is 1.04 bits per heavy atom. The molecular formula is C18H18ClN3O. The molecule has 1 heterocycles. The van der Waals surface area contributed by atoms with Crippen LogP contribution < -0.4 is 0 Å². The van der Waals surface area contributed by atoms with Gasteiger partial charge in [-0.15, -0.1) is 0 Å². The maximum absolute atomic E-state index is 5.89. The minimum Gasteiger partial charge on any atom is -0.338 e. The molecule has 0 aliphatic carbocycles. The van der Waals surface area contributed by atoms with Crippen molar-refractivity contribution in [2.24, 2.45) is 0 Å². The van der Waals surface area contributed by atoms with Crippen LogP contribution in [0.15, 0.2) is 53.1 Å². The summed E-state index contributed by atoms with van der Waals surface area (Å²) in [5, 5.41) is 4.73. The van der Waals surface area contributed by atoms with Crippen LogP contribution in [-0.4, -0.2) is 22.1 Å². The molecule has 0 saturated carbocycles. The molecule has 0 aliphatic heterocycles. The van der Waals surface area contributed by atoms with Crippen molar-refractivity contribution in [3.63, 3.8) is 0 Å². The zero-order chi connectivity index (χ0) is 16.2. The molecule has 0 bridgehead atoms. The van der Waals surface area contributed by atoms with E-state index in [0.717, 1.165) is 12.1 Å². The molecule has 4 nitrogen and oxygen atoms in total. The molecule has 23 heavy (non-hydrogen) atoms. The van der Waals surface area contributed by atoms with Crippen LogP contribution in [0.4, 0.5) is 0 Å². The van der Waals surface area contributed by atoms with E-state index in [9.17, 15) is 0 Å². The lowest BCUT2D eigenvalue weighted by atomic mass is 10.1. The highest BCUT2D eigenvalue weighted by molar-refractivity contribution is 6.30. The summed E-state index contributed by atoms with van der Waals surface area (Å²) in [4.78, 5) is 6.61. The van der Waals surface area contributed by atoms with E-state index < -0.39 is 0 Å². The van der Waals surface area contributed by atoms with Crippen molar-refractivity contribution in [3.8, 4) is 11.4 Å². The Kier molecular flexibility index (Phi) is 4.74. The zero-order valence-corrected chi connectivity index (χ0v) is 13.9. The highest BCUT2D eigenvalue weighted by Crippen LogP contribution is 2.19. The maximum atomic E-state index is 5.89. The monoisotopic (exact) mass is 327 g/mol. The predicted molar refractivity (Wildman–Crippen MR) is 91.1 cm³/mol. The van der Waals surface area contributed by atoms with Gasteiger partial charge in [-0.2, -0.15) is 4.98 Å². The minimum atomic E-state index is 0.584. The Labute approximate surface area is 140 Å². The normalized spacial score (nSPS) is 11.1. The van der Waals surface area contributed by atoms with Crippen molar-refractivity contribution in [3.05, 3.63) is 70.6 Å². The fraction of sp³-hybridized carbons (Fsp3) is 0.222. The smallest absolute Gasteiger partial charge is 0.241 e. The first-order chi connectivity index (χ1) is 11.1. The summed E-state index contributed by atoms with van der Waals surface area (Å²) in [6.45, 7) is 3.56. The van der Waals surface area contributed by atoms with Crippen molar-refractivity contribution in [1.29, 1.82) is 0 Å². The summed E-state index contributed by atoms with van der Waals surface area (Å²) in [5.74, 6) is 1.19. The third-order valence-corrected chi connectivity index (χ3v) is 3.93. The average molecular weight is 328 g/mol. The van der Waals surface area contributed by atoms with E-state index >= 15 is 0 Å². The van der Waals surface area contributed by atoms with Gasteiger partial charge in [0.2, 0.25) is 11.7 Å². The van der Waals surface area contributed by atoms with E-state index in [0.29, 0.717) is 23.3 Å². The molecule has 2 aromatic carbocycles. The fourth-order valence-corrected chi connectivity index (χ4v) is 2.53. The van der Waals surface area contributed by atoms with Gasteiger partial charge >= 0.3 is 0 Å². The van der Waals surface area contributed by atoms with Crippen LogP contribution in [0.1, 0.15) is 17.0 Å². The second-order valence-electron chi connectivity index (χ2n) is 5.62. The summed E-state index contributed by atoms with van der Waals surface area (Å²) >= 11 is 5.89. The van der Waals surface area contributed by atoms with Gasteiger partial charge in [-0.1, -0.05) is 41.0 Å². The molecule has 0 radical (unpaired) electrons. The standard InChI is InChI=1S/C18H18ClN3O/c1-13-5-3-4-6-15(13)11-22(2)12-17-20-18(21-23-17)14-7-9-16(19)10-8-14/h3-10H,11-12H2,1-2H3. The lowest BCUT2D eigenvalue weighted by Gasteiger charge is -2.15. The number of nitrogens with zero attached hydrogens (tertiary/aromatic N) is 3. The van der Waals surface area contributed by atoms with Crippen molar-refractivity contribution in [1.82, 2.24) is 15.0 Å². The van der Waals surface area contributed by atoms with Gasteiger partial charge in [0, 0.05) is 17.1 Å². The Balaban J connectivity index is 1.67. The minimum absolute atomic E-state index is 0.584. The van der Waals surface area contributed by atoms with Gasteiger partial charge in [-0.25, -0.2) is 0 Å². The first kappa shape index (κ1) is 15.7. The average Bonchev–Trinajstić information content (AvgIpc) is 2.98. The topological polar surface area (TPSA) is 42.2 Å². The SMILES string of the molecule is Cc1ccccc1CN(C)Cc1nc(-c2ccc(Cl)cc2)no1. The van der Waals surface area contributed by atoms with Crippen LogP contribution in [0.5, 0.6) is 0 Å².